The SMILES string of the molecule is C=[N+](C(=O)OC(C)(C)C)[C@H](C(=O)OCc1ccccc1)C(C)C. The van der Waals surface area contributed by atoms with Crippen molar-refractivity contribution >= 4 is 18.8 Å². The van der Waals surface area contributed by atoms with E-state index in [0.29, 0.717) is 0 Å². The van der Waals surface area contributed by atoms with Crippen LogP contribution in [0.5, 0.6) is 0 Å². The van der Waals surface area contributed by atoms with Gasteiger partial charge in [0.15, 0.2) is 0 Å². The second kappa shape index (κ2) is 7.90. The number of hydrogen-bond acceptors (Lipinski definition) is 4. The van der Waals surface area contributed by atoms with Crippen LogP contribution < -0.4 is 0 Å². The molecule has 0 spiro atoms. The van der Waals surface area contributed by atoms with Crippen LogP contribution in [0.2, 0.25) is 0 Å². The highest BCUT2D eigenvalue weighted by Gasteiger charge is 2.40. The fourth-order valence-corrected chi connectivity index (χ4v) is 2.01. The van der Waals surface area contributed by atoms with Gasteiger partial charge in [0.25, 0.3) is 6.04 Å². The Morgan fingerprint density at radius 1 is 1.17 bits per heavy atom. The van der Waals surface area contributed by atoms with Gasteiger partial charge in [0.2, 0.25) is 0 Å². The molecule has 5 nitrogen and oxygen atoms in total. The fourth-order valence-electron chi connectivity index (χ4n) is 2.01. The van der Waals surface area contributed by atoms with E-state index in [2.05, 4.69) is 6.72 Å². The molecule has 0 saturated carbocycles. The molecule has 0 N–H and O–H groups in total. The molecular formula is C18H26NO4+. The van der Waals surface area contributed by atoms with Gasteiger partial charge in [-0.25, -0.2) is 4.79 Å². The summed E-state index contributed by atoms with van der Waals surface area (Å²) in [5, 5.41) is 0. The van der Waals surface area contributed by atoms with Gasteiger partial charge in [-0.2, -0.15) is 4.79 Å². The highest BCUT2D eigenvalue weighted by atomic mass is 16.6. The zero-order chi connectivity index (χ0) is 17.6. The molecule has 0 aliphatic carbocycles. The Kier molecular flexibility index (Phi) is 6.49. The number of hydrogen-bond donors (Lipinski definition) is 0. The van der Waals surface area contributed by atoms with E-state index >= 15 is 0 Å². The van der Waals surface area contributed by atoms with Crippen LogP contribution in [0.25, 0.3) is 0 Å². The number of carbonyl (C=O) groups excluding carboxylic acids is 2. The van der Waals surface area contributed by atoms with Gasteiger partial charge in [-0.3, -0.25) is 0 Å². The first-order chi connectivity index (χ1) is 10.6. The van der Waals surface area contributed by atoms with Crippen molar-refractivity contribution in [3.05, 3.63) is 35.9 Å². The van der Waals surface area contributed by atoms with Crippen molar-refractivity contribution < 1.29 is 23.6 Å². The molecule has 0 aromatic heterocycles. The van der Waals surface area contributed by atoms with Crippen LogP contribution in [0.4, 0.5) is 4.79 Å². The highest BCUT2D eigenvalue weighted by molar-refractivity contribution is 5.77. The van der Waals surface area contributed by atoms with E-state index in [4.69, 9.17) is 9.47 Å². The Labute approximate surface area is 137 Å². The lowest BCUT2D eigenvalue weighted by Gasteiger charge is -2.20. The van der Waals surface area contributed by atoms with Crippen LogP contribution in [0.3, 0.4) is 0 Å². The van der Waals surface area contributed by atoms with E-state index in [-0.39, 0.29) is 12.5 Å². The largest absolute Gasteiger partial charge is 0.597 e. The zero-order valence-electron chi connectivity index (χ0n) is 14.5. The lowest BCUT2D eigenvalue weighted by molar-refractivity contribution is -0.481. The monoisotopic (exact) mass is 320 g/mol. The Morgan fingerprint density at radius 3 is 2.22 bits per heavy atom. The molecule has 126 valence electrons. The third kappa shape index (κ3) is 6.22. The number of ether oxygens (including phenoxy) is 2. The predicted molar refractivity (Wildman–Crippen MR) is 88.5 cm³/mol. The molecule has 1 rings (SSSR count). The molecule has 0 saturated heterocycles. The van der Waals surface area contributed by atoms with Crippen molar-refractivity contribution in [2.24, 2.45) is 5.92 Å². The molecule has 1 atom stereocenters. The Morgan fingerprint density at radius 2 is 1.74 bits per heavy atom. The van der Waals surface area contributed by atoms with Gasteiger partial charge in [-0.05, 0) is 26.3 Å². The average Bonchev–Trinajstić information content (AvgIpc) is 2.44. The minimum absolute atomic E-state index is 0.150. The first-order valence-corrected chi connectivity index (χ1v) is 7.65. The first-order valence-electron chi connectivity index (χ1n) is 7.65. The summed E-state index contributed by atoms with van der Waals surface area (Å²) in [6.07, 6.45) is -0.645. The van der Waals surface area contributed by atoms with E-state index in [9.17, 15) is 9.59 Å². The summed E-state index contributed by atoms with van der Waals surface area (Å²) in [7, 11) is 0. The summed E-state index contributed by atoms with van der Waals surface area (Å²) in [6, 6.07) is 8.58. The quantitative estimate of drug-likeness (QED) is 0.474. The number of benzene rings is 1. The number of rotatable bonds is 5. The lowest BCUT2D eigenvalue weighted by atomic mass is 10.0. The predicted octanol–water partition coefficient (Wildman–Crippen LogP) is 3.40. The maximum absolute atomic E-state index is 12.4. The first kappa shape index (κ1) is 18.9. The smallest absolute Gasteiger partial charge is 0.456 e. The van der Waals surface area contributed by atoms with Gasteiger partial charge < -0.3 is 9.47 Å². The second-order valence-electron chi connectivity index (χ2n) is 6.73. The van der Waals surface area contributed by atoms with Gasteiger partial charge in [0.1, 0.15) is 18.9 Å². The Hall–Kier alpha value is -2.17. The molecule has 0 fully saturated rings. The van der Waals surface area contributed by atoms with Gasteiger partial charge >= 0.3 is 12.1 Å². The lowest BCUT2D eigenvalue weighted by Crippen LogP contribution is -2.44. The van der Waals surface area contributed by atoms with Crippen LogP contribution >= 0.6 is 0 Å². The van der Waals surface area contributed by atoms with Gasteiger partial charge in [-0.15, -0.1) is 4.58 Å². The summed E-state index contributed by atoms with van der Waals surface area (Å²) in [5.41, 5.74) is 0.235. The second-order valence-corrected chi connectivity index (χ2v) is 6.73. The zero-order valence-corrected chi connectivity index (χ0v) is 14.5. The maximum atomic E-state index is 12.4. The van der Waals surface area contributed by atoms with Crippen LogP contribution in [-0.4, -0.2) is 35.0 Å². The minimum Gasteiger partial charge on any atom is -0.456 e. The standard InChI is InChI=1S/C18H26NO4/c1-13(2)15(19(6)17(21)23-18(3,4)5)16(20)22-12-14-10-8-7-9-11-14/h7-11,13,15H,6,12H2,1-5H3/q+1/t15-/m0/s1. The molecule has 23 heavy (non-hydrogen) atoms. The average molecular weight is 320 g/mol. The normalized spacial score (nSPS) is 12.6. The number of amides is 1. The van der Waals surface area contributed by atoms with Crippen molar-refractivity contribution in [2.75, 3.05) is 0 Å². The molecule has 1 amide bonds. The van der Waals surface area contributed by atoms with Crippen molar-refractivity contribution in [2.45, 2.75) is 52.9 Å². The van der Waals surface area contributed by atoms with Crippen LogP contribution in [-0.2, 0) is 20.9 Å². The molecule has 0 unspecified atom stereocenters. The van der Waals surface area contributed by atoms with Gasteiger partial charge in [0.05, 0.1) is 0 Å². The maximum Gasteiger partial charge on any atom is 0.597 e. The van der Waals surface area contributed by atoms with E-state index in [1.165, 1.54) is 0 Å². The Bertz CT molecular complexity index is 558. The molecule has 1 aromatic rings. The molecule has 0 radical (unpaired) electrons. The van der Waals surface area contributed by atoms with Crippen molar-refractivity contribution in [1.29, 1.82) is 0 Å². The topological polar surface area (TPSA) is 55.6 Å². The highest BCUT2D eigenvalue weighted by Crippen LogP contribution is 2.14. The van der Waals surface area contributed by atoms with E-state index in [1.807, 2.05) is 44.2 Å². The van der Waals surface area contributed by atoms with Crippen LogP contribution in [0.1, 0.15) is 40.2 Å². The van der Waals surface area contributed by atoms with Crippen LogP contribution in [0.15, 0.2) is 30.3 Å². The summed E-state index contributed by atoms with van der Waals surface area (Å²) in [6.45, 7) is 12.8. The van der Waals surface area contributed by atoms with Gasteiger partial charge in [-0.1, -0.05) is 44.2 Å². The van der Waals surface area contributed by atoms with Gasteiger partial charge in [0, 0.05) is 5.92 Å². The molecular weight excluding hydrogens is 294 g/mol. The van der Waals surface area contributed by atoms with Crippen molar-refractivity contribution in [3.8, 4) is 0 Å². The van der Waals surface area contributed by atoms with E-state index < -0.39 is 23.7 Å². The third-order valence-electron chi connectivity index (χ3n) is 3.06. The minimum atomic E-state index is -0.798. The summed E-state index contributed by atoms with van der Waals surface area (Å²) >= 11 is 0. The molecule has 0 aliphatic heterocycles. The Balaban J connectivity index is 2.75. The van der Waals surface area contributed by atoms with E-state index in [1.54, 1.807) is 20.8 Å². The van der Waals surface area contributed by atoms with Crippen LogP contribution in [0, 0.1) is 5.92 Å². The molecule has 0 aliphatic rings. The molecule has 0 heterocycles. The number of carbonyl (C=O) groups is 2. The molecule has 1 aromatic carbocycles. The van der Waals surface area contributed by atoms with Crippen molar-refractivity contribution in [3.63, 3.8) is 0 Å². The number of esters is 1. The van der Waals surface area contributed by atoms with Crippen molar-refractivity contribution in [1.82, 2.24) is 0 Å². The third-order valence-corrected chi connectivity index (χ3v) is 3.06. The van der Waals surface area contributed by atoms with E-state index in [0.717, 1.165) is 10.1 Å². The summed E-state index contributed by atoms with van der Waals surface area (Å²) in [4.78, 5) is 24.5. The molecule has 5 heteroatoms. The fraction of sp³-hybridized carbons (Fsp3) is 0.500. The summed E-state index contributed by atoms with van der Waals surface area (Å²) in [5.74, 6) is -0.645. The molecule has 0 bridgehead atoms. The number of nitrogens with zero attached hydrogens (tertiary/aromatic N) is 1. The summed E-state index contributed by atoms with van der Waals surface area (Å²) < 4.78 is 11.6.